The minimum absolute atomic E-state index is 0. The molecule has 0 radical (unpaired) electrons. The minimum atomic E-state index is -0.0106. The predicted octanol–water partition coefficient (Wildman–Crippen LogP) is 4.17. The summed E-state index contributed by atoms with van der Waals surface area (Å²) >= 11 is 6.02. The number of rotatable bonds is 4. The van der Waals surface area contributed by atoms with Gasteiger partial charge in [0.2, 0.25) is 5.91 Å². The van der Waals surface area contributed by atoms with E-state index in [9.17, 15) is 4.79 Å². The number of amides is 1. The number of nitrogens with zero attached hydrogens (tertiary/aromatic N) is 1. The largest absolute Gasteiger partial charge is 0.495 e. The molecule has 0 unspecified atom stereocenters. The van der Waals surface area contributed by atoms with Crippen molar-refractivity contribution in [1.29, 1.82) is 0 Å². The Balaban J connectivity index is 0.00000169. The fraction of sp³-hybridized carbons (Fsp3) is 0.278. The Hall–Kier alpha value is -1.82. The van der Waals surface area contributed by atoms with Gasteiger partial charge < -0.3 is 20.7 Å². The van der Waals surface area contributed by atoms with E-state index in [1.54, 1.807) is 30.2 Å². The molecule has 8 heteroatoms. The van der Waals surface area contributed by atoms with Crippen LogP contribution in [0.1, 0.15) is 12.0 Å². The van der Waals surface area contributed by atoms with Gasteiger partial charge in [0, 0.05) is 22.9 Å². The maximum absolute atomic E-state index is 12.7. The number of hydrogen-bond donors (Lipinski definition) is 2. The molecule has 0 fully saturated rings. The number of nitrogens with two attached hydrogens (primary N) is 1. The molecule has 0 saturated heterocycles. The van der Waals surface area contributed by atoms with Crippen molar-refractivity contribution >= 4 is 59.4 Å². The summed E-state index contributed by atoms with van der Waals surface area (Å²) in [7, 11) is 1.58. The van der Waals surface area contributed by atoms with Crippen LogP contribution in [0.4, 0.5) is 17.1 Å². The number of benzene rings is 2. The number of methoxy groups -OCH3 is 1. The van der Waals surface area contributed by atoms with E-state index in [1.165, 1.54) is 0 Å². The second-order valence-corrected chi connectivity index (χ2v) is 6.13. The number of halogens is 3. The highest BCUT2D eigenvalue weighted by Crippen LogP contribution is 2.32. The molecule has 0 aliphatic carbocycles. The van der Waals surface area contributed by atoms with Gasteiger partial charge in [-0.25, -0.2) is 0 Å². The Morgan fingerprint density at radius 1 is 1.31 bits per heavy atom. The van der Waals surface area contributed by atoms with Crippen LogP contribution in [0.2, 0.25) is 5.02 Å². The van der Waals surface area contributed by atoms with Crippen LogP contribution in [-0.2, 0) is 11.2 Å². The maximum Gasteiger partial charge on any atom is 0.246 e. The van der Waals surface area contributed by atoms with Crippen LogP contribution < -0.4 is 20.7 Å². The predicted molar refractivity (Wildman–Crippen MR) is 113 cm³/mol. The van der Waals surface area contributed by atoms with E-state index in [-0.39, 0.29) is 37.3 Å². The molecule has 26 heavy (non-hydrogen) atoms. The van der Waals surface area contributed by atoms with Gasteiger partial charge >= 0.3 is 0 Å². The Morgan fingerprint density at radius 2 is 2.08 bits per heavy atom. The second kappa shape index (κ2) is 9.76. The number of anilines is 3. The molecule has 2 aromatic rings. The molecule has 0 atom stereocenters. The smallest absolute Gasteiger partial charge is 0.246 e. The molecular formula is C18H22Cl3N3O2. The van der Waals surface area contributed by atoms with Gasteiger partial charge in [0.15, 0.2) is 0 Å². The lowest BCUT2D eigenvalue weighted by molar-refractivity contribution is -0.117. The van der Waals surface area contributed by atoms with Crippen LogP contribution in [0.25, 0.3) is 0 Å². The first kappa shape index (κ1) is 22.2. The lowest BCUT2D eigenvalue weighted by Crippen LogP contribution is -2.39. The van der Waals surface area contributed by atoms with Gasteiger partial charge in [-0.1, -0.05) is 17.7 Å². The molecule has 1 aliphatic heterocycles. The van der Waals surface area contributed by atoms with E-state index in [4.69, 9.17) is 22.1 Å². The van der Waals surface area contributed by atoms with E-state index in [0.29, 0.717) is 23.0 Å². The molecule has 0 spiro atoms. The fourth-order valence-corrected chi connectivity index (χ4v) is 3.17. The highest BCUT2D eigenvalue weighted by atomic mass is 35.5. The van der Waals surface area contributed by atoms with Gasteiger partial charge in [-0.2, -0.15) is 0 Å². The molecule has 3 rings (SSSR count). The lowest BCUT2D eigenvalue weighted by Gasteiger charge is -2.30. The first-order valence-electron chi connectivity index (χ1n) is 7.85. The molecule has 0 saturated carbocycles. The standard InChI is InChI=1S/C18H20ClN3O2.2ClH/c1-24-17-8-7-12(19)10-15(17)21-11-18(23)22-9-3-4-13-14(20)5-2-6-16(13)22;;/h2,5-8,10,21H,3-4,9,11,20H2,1H3;2*1H. The molecule has 3 N–H and O–H groups in total. The molecule has 1 heterocycles. The summed E-state index contributed by atoms with van der Waals surface area (Å²) in [6.45, 7) is 0.856. The highest BCUT2D eigenvalue weighted by molar-refractivity contribution is 6.31. The summed E-state index contributed by atoms with van der Waals surface area (Å²) in [5, 5.41) is 3.70. The number of ether oxygens (including phenoxy) is 1. The summed E-state index contributed by atoms with van der Waals surface area (Å²) in [5.41, 5.74) is 9.44. The molecule has 0 bridgehead atoms. The van der Waals surface area contributed by atoms with Crippen LogP contribution in [0.15, 0.2) is 36.4 Å². The topological polar surface area (TPSA) is 67.6 Å². The van der Waals surface area contributed by atoms with E-state index < -0.39 is 0 Å². The zero-order valence-corrected chi connectivity index (χ0v) is 16.7. The zero-order valence-electron chi connectivity index (χ0n) is 14.3. The number of nitrogen functional groups attached to an aromatic ring is 1. The summed E-state index contributed by atoms with van der Waals surface area (Å²) in [4.78, 5) is 14.5. The Bertz CT molecular complexity index is 771. The van der Waals surface area contributed by atoms with Crippen LogP contribution in [-0.4, -0.2) is 26.1 Å². The summed E-state index contributed by atoms with van der Waals surface area (Å²) in [6, 6.07) is 11.0. The number of carbonyl (C=O) groups is 1. The SMILES string of the molecule is COc1ccc(Cl)cc1NCC(=O)N1CCCc2c(N)cccc21.Cl.Cl. The monoisotopic (exact) mass is 417 g/mol. The number of fused-ring (bicyclic) bond motifs is 1. The Kier molecular flexibility index (Phi) is 8.34. The summed E-state index contributed by atoms with van der Waals surface area (Å²) < 4.78 is 5.29. The number of carbonyl (C=O) groups excluding carboxylic acids is 1. The molecule has 2 aromatic carbocycles. The van der Waals surface area contributed by atoms with Crippen molar-refractivity contribution in [2.45, 2.75) is 12.8 Å². The van der Waals surface area contributed by atoms with E-state index in [0.717, 1.165) is 29.8 Å². The normalized spacial score (nSPS) is 12.3. The van der Waals surface area contributed by atoms with Crippen LogP contribution in [0.5, 0.6) is 5.75 Å². The number of hydrogen-bond acceptors (Lipinski definition) is 4. The van der Waals surface area contributed by atoms with Crippen LogP contribution >= 0.6 is 36.4 Å². The van der Waals surface area contributed by atoms with Gasteiger partial charge in [0.25, 0.3) is 0 Å². The second-order valence-electron chi connectivity index (χ2n) is 5.69. The van der Waals surface area contributed by atoms with Gasteiger partial charge in [0.05, 0.1) is 19.3 Å². The van der Waals surface area contributed by atoms with Crippen molar-refractivity contribution in [3.63, 3.8) is 0 Å². The van der Waals surface area contributed by atoms with Gasteiger partial charge in [-0.05, 0) is 48.7 Å². The Morgan fingerprint density at radius 3 is 2.81 bits per heavy atom. The van der Waals surface area contributed by atoms with E-state index >= 15 is 0 Å². The molecule has 5 nitrogen and oxygen atoms in total. The van der Waals surface area contributed by atoms with Crippen molar-refractivity contribution in [1.82, 2.24) is 0 Å². The first-order valence-corrected chi connectivity index (χ1v) is 8.23. The average Bonchev–Trinajstić information content (AvgIpc) is 2.60. The summed E-state index contributed by atoms with van der Waals surface area (Å²) in [5.74, 6) is 0.638. The van der Waals surface area contributed by atoms with E-state index in [1.807, 2.05) is 18.2 Å². The molecular weight excluding hydrogens is 397 g/mol. The summed E-state index contributed by atoms with van der Waals surface area (Å²) in [6.07, 6.45) is 1.81. The first-order chi connectivity index (χ1) is 11.6. The quantitative estimate of drug-likeness (QED) is 0.731. The van der Waals surface area contributed by atoms with E-state index in [2.05, 4.69) is 5.32 Å². The van der Waals surface area contributed by atoms with Crippen molar-refractivity contribution < 1.29 is 9.53 Å². The fourth-order valence-electron chi connectivity index (χ4n) is 3.00. The molecule has 1 amide bonds. The maximum atomic E-state index is 12.7. The third-order valence-electron chi connectivity index (χ3n) is 4.18. The van der Waals surface area contributed by atoms with Crippen molar-refractivity contribution in [3.8, 4) is 5.75 Å². The molecule has 1 aliphatic rings. The highest BCUT2D eigenvalue weighted by Gasteiger charge is 2.23. The third-order valence-corrected chi connectivity index (χ3v) is 4.41. The third kappa shape index (κ3) is 4.67. The molecule has 0 aromatic heterocycles. The number of nitrogens with one attached hydrogen (secondary N) is 1. The van der Waals surface area contributed by atoms with Crippen molar-refractivity contribution in [3.05, 3.63) is 47.0 Å². The van der Waals surface area contributed by atoms with Gasteiger partial charge in [-0.3, -0.25) is 4.79 Å². The van der Waals surface area contributed by atoms with Crippen molar-refractivity contribution in [2.75, 3.05) is 36.1 Å². The van der Waals surface area contributed by atoms with Crippen LogP contribution in [0, 0.1) is 0 Å². The van der Waals surface area contributed by atoms with Gasteiger partial charge in [0.1, 0.15) is 5.75 Å². The van der Waals surface area contributed by atoms with Gasteiger partial charge in [-0.15, -0.1) is 24.8 Å². The minimum Gasteiger partial charge on any atom is -0.495 e. The van der Waals surface area contributed by atoms with Crippen LogP contribution in [0.3, 0.4) is 0 Å². The lowest BCUT2D eigenvalue weighted by atomic mass is 10.00. The Labute approximate surface area is 170 Å². The molecule has 142 valence electrons. The van der Waals surface area contributed by atoms with Crippen molar-refractivity contribution in [2.24, 2.45) is 0 Å². The zero-order chi connectivity index (χ0) is 17.1. The average molecular weight is 419 g/mol.